The lowest BCUT2D eigenvalue weighted by molar-refractivity contribution is 0.134. The summed E-state index contributed by atoms with van der Waals surface area (Å²) in [5.41, 5.74) is 5.69. The molecule has 0 unspecified atom stereocenters. The van der Waals surface area contributed by atoms with Crippen molar-refractivity contribution in [3.05, 3.63) is 34.4 Å². The van der Waals surface area contributed by atoms with Gasteiger partial charge in [-0.15, -0.1) is 0 Å². The van der Waals surface area contributed by atoms with E-state index in [0.29, 0.717) is 5.92 Å². The number of fused-ring (bicyclic) bond motifs is 1. The Bertz CT molecular complexity index is 326. The molecule has 0 fully saturated rings. The summed E-state index contributed by atoms with van der Waals surface area (Å²) in [6.45, 7) is 8.26. The Labute approximate surface area is 79.7 Å². The molecule has 0 aliphatic carbocycles. The van der Waals surface area contributed by atoms with E-state index in [1.54, 1.807) is 0 Å². The average Bonchev–Trinajstić information content (AvgIpc) is 2.53. The summed E-state index contributed by atoms with van der Waals surface area (Å²) in [4.78, 5) is 0. The van der Waals surface area contributed by atoms with Crippen LogP contribution in [0.1, 0.15) is 42.0 Å². The molecule has 0 amide bonds. The number of benzene rings is 1. The Morgan fingerprint density at radius 1 is 1.15 bits per heavy atom. The molecule has 0 N–H and O–H groups in total. The van der Waals surface area contributed by atoms with Gasteiger partial charge in [-0.25, -0.2) is 0 Å². The lowest BCUT2D eigenvalue weighted by Gasteiger charge is -2.12. The van der Waals surface area contributed by atoms with E-state index in [0.717, 1.165) is 13.2 Å². The van der Waals surface area contributed by atoms with Crippen LogP contribution < -0.4 is 0 Å². The first-order valence-electron chi connectivity index (χ1n) is 4.89. The summed E-state index contributed by atoms with van der Waals surface area (Å²) in [7, 11) is 0. The fourth-order valence-corrected chi connectivity index (χ4v) is 2.00. The van der Waals surface area contributed by atoms with E-state index >= 15 is 0 Å². The monoisotopic (exact) mass is 176 g/mol. The zero-order valence-corrected chi connectivity index (χ0v) is 8.55. The zero-order valence-electron chi connectivity index (χ0n) is 8.55. The highest BCUT2D eigenvalue weighted by atomic mass is 16.5. The maximum atomic E-state index is 5.49. The van der Waals surface area contributed by atoms with Gasteiger partial charge in [0.25, 0.3) is 0 Å². The van der Waals surface area contributed by atoms with Crippen LogP contribution in [-0.2, 0) is 18.0 Å². The van der Waals surface area contributed by atoms with Gasteiger partial charge in [0.1, 0.15) is 0 Å². The van der Waals surface area contributed by atoms with Gasteiger partial charge in [-0.1, -0.05) is 26.0 Å². The summed E-state index contributed by atoms with van der Waals surface area (Å²) in [6.07, 6.45) is 0. The van der Waals surface area contributed by atoms with Gasteiger partial charge < -0.3 is 4.74 Å². The fraction of sp³-hybridized carbons (Fsp3) is 0.500. The SMILES string of the molecule is Cc1ccc(C(C)C)c2c1COC2. The van der Waals surface area contributed by atoms with Crippen molar-refractivity contribution in [3.63, 3.8) is 0 Å². The lowest BCUT2D eigenvalue weighted by Crippen LogP contribution is -1.97. The predicted molar refractivity (Wildman–Crippen MR) is 53.8 cm³/mol. The van der Waals surface area contributed by atoms with Crippen LogP contribution >= 0.6 is 0 Å². The van der Waals surface area contributed by atoms with Gasteiger partial charge in [-0.3, -0.25) is 0 Å². The molecule has 0 radical (unpaired) electrons. The Morgan fingerprint density at radius 3 is 2.54 bits per heavy atom. The van der Waals surface area contributed by atoms with Crippen molar-refractivity contribution >= 4 is 0 Å². The van der Waals surface area contributed by atoms with Crippen LogP contribution in [0.4, 0.5) is 0 Å². The van der Waals surface area contributed by atoms with Crippen molar-refractivity contribution in [1.82, 2.24) is 0 Å². The van der Waals surface area contributed by atoms with Crippen molar-refractivity contribution < 1.29 is 4.74 Å². The lowest BCUT2D eigenvalue weighted by atomic mass is 9.92. The summed E-state index contributed by atoms with van der Waals surface area (Å²) in [5, 5.41) is 0. The van der Waals surface area contributed by atoms with Gasteiger partial charge in [0.05, 0.1) is 13.2 Å². The second kappa shape index (κ2) is 3.15. The minimum atomic E-state index is 0.607. The number of aryl methyl sites for hydroxylation is 1. The molecule has 1 nitrogen and oxygen atoms in total. The molecule has 0 saturated heterocycles. The number of hydrogen-bond donors (Lipinski definition) is 0. The second-order valence-electron chi connectivity index (χ2n) is 4.08. The van der Waals surface area contributed by atoms with Crippen LogP contribution in [0.2, 0.25) is 0 Å². The molecule has 0 bridgehead atoms. The topological polar surface area (TPSA) is 9.23 Å². The van der Waals surface area contributed by atoms with Gasteiger partial charge in [0.15, 0.2) is 0 Å². The summed E-state index contributed by atoms with van der Waals surface area (Å²) in [5.74, 6) is 0.607. The minimum Gasteiger partial charge on any atom is -0.372 e. The van der Waals surface area contributed by atoms with E-state index in [4.69, 9.17) is 4.74 Å². The number of ether oxygens (including phenoxy) is 1. The van der Waals surface area contributed by atoms with Crippen molar-refractivity contribution in [2.45, 2.75) is 39.9 Å². The van der Waals surface area contributed by atoms with Crippen LogP contribution in [0.15, 0.2) is 12.1 Å². The van der Waals surface area contributed by atoms with Gasteiger partial charge in [0.2, 0.25) is 0 Å². The summed E-state index contributed by atoms with van der Waals surface area (Å²) < 4.78 is 5.49. The Balaban J connectivity index is 2.56. The summed E-state index contributed by atoms with van der Waals surface area (Å²) >= 11 is 0. The molecule has 0 atom stereocenters. The van der Waals surface area contributed by atoms with Crippen molar-refractivity contribution in [1.29, 1.82) is 0 Å². The van der Waals surface area contributed by atoms with Crippen LogP contribution in [0.3, 0.4) is 0 Å². The highest BCUT2D eigenvalue weighted by Gasteiger charge is 2.18. The molecule has 0 aromatic heterocycles. The summed E-state index contributed by atoms with van der Waals surface area (Å²) in [6, 6.07) is 4.45. The maximum absolute atomic E-state index is 5.49. The molecule has 1 heterocycles. The van der Waals surface area contributed by atoms with Crippen LogP contribution in [0.25, 0.3) is 0 Å². The second-order valence-corrected chi connectivity index (χ2v) is 4.08. The largest absolute Gasteiger partial charge is 0.372 e. The van der Waals surface area contributed by atoms with Gasteiger partial charge >= 0.3 is 0 Å². The van der Waals surface area contributed by atoms with Gasteiger partial charge in [-0.2, -0.15) is 0 Å². The first kappa shape index (κ1) is 8.76. The Kier molecular flexibility index (Phi) is 2.12. The minimum absolute atomic E-state index is 0.607. The molecular formula is C12H16O. The molecule has 1 aromatic carbocycles. The van der Waals surface area contributed by atoms with Crippen LogP contribution in [0.5, 0.6) is 0 Å². The van der Waals surface area contributed by atoms with Crippen molar-refractivity contribution in [2.75, 3.05) is 0 Å². The molecule has 1 heteroatoms. The predicted octanol–water partition coefficient (Wildman–Crippen LogP) is 3.15. The van der Waals surface area contributed by atoms with Crippen molar-refractivity contribution in [2.24, 2.45) is 0 Å². The molecule has 1 aromatic rings. The average molecular weight is 176 g/mol. The molecule has 13 heavy (non-hydrogen) atoms. The molecule has 2 rings (SSSR count). The van der Waals surface area contributed by atoms with E-state index in [1.807, 2.05) is 0 Å². The number of hydrogen-bond acceptors (Lipinski definition) is 1. The third-order valence-corrected chi connectivity index (χ3v) is 2.82. The highest BCUT2D eigenvalue weighted by molar-refractivity contribution is 5.42. The van der Waals surface area contributed by atoms with E-state index in [1.165, 1.54) is 22.3 Å². The zero-order chi connectivity index (χ0) is 9.42. The third-order valence-electron chi connectivity index (χ3n) is 2.82. The fourth-order valence-electron chi connectivity index (χ4n) is 2.00. The standard InChI is InChI=1S/C12H16O/c1-8(2)10-5-4-9(3)11-6-13-7-12(10)11/h4-5,8H,6-7H2,1-3H3. The quantitative estimate of drug-likeness (QED) is 0.638. The van der Waals surface area contributed by atoms with Gasteiger partial charge in [-0.05, 0) is 35.1 Å². The first-order valence-corrected chi connectivity index (χ1v) is 4.89. The highest BCUT2D eigenvalue weighted by Crippen LogP contribution is 2.30. The third kappa shape index (κ3) is 1.37. The Morgan fingerprint density at radius 2 is 1.85 bits per heavy atom. The normalized spacial score (nSPS) is 15.1. The molecule has 0 saturated carbocycles. The van der Waals surface area contributed by atoms with E-state index in [9.17, 15) is 0 Å². The number of rotatable bonds is 1. The Hall–Kier alpha value is -0.820. The van der Waals surface area contributed by atoms with E-state index in [2.05, 4.69) is 32.9 Å². The molecule has 1 aliphatic rings. The van der Waals surface area contributed by atoms with Crippen LogP contribution in [-0.4, -0.2) is 0 Å². The van der Waals surface area contributed by atoms with E-state index in [-0.39, 0.29) is 0 Å². The molecule has 70 valence electrons. The van der Waals surface area contributed by atoms with Crippen LogP contribution in [0, 0.1) is 6.92 Å². The maximum Gasteiger partial charge on any atom is 0.0727 e. The van der Waals surface area contributed by atoms with E-state index < -0.39 is 0 Å². The molecule has 1 aliphatic heterocycles. The molecular weight excluding hydrogens is 160 g/mol. The molecule has 0 spiro atoms. The van der Waals surface area contributed by atoms with Crippen molar-refractivity contribution in [3.8, 4) is 0 Å². The smallest absolute Gasteiger partial charge is 0.0727 e. The van der Waals surface area contributed by atoms with Gasteiger partial charge in [0, 0.05) is 0 Å². The first-order chi connectivity index (χ1) is 6.20.